The van der Waals surface area contributed by atoms with Gasteiger partial charge in [0, 0.05) is 13.1 Å². The number of allylic oxidation sites excluding steroid dienone is 1. The molecule has 2 rings (SSSR count). The van der Waals surface area contributed by atoms with E-state index in [-0.39, 0.29) is 6.03 Å². The smallest absolute Gasteiger partial charge is 0.322 e. The normalized spacial score (nSPS) is 15.2. The molecule has 1 aliphatic heterocycles. The van der Waals surface area contributed by atoms with Crippen molar-refractivity contribution in [3.8, 4) is 0 Å². The number of nitrogens with one attached hydrogen (secondary N) is 1. The Kier molecular flexibility index (Phi) is 4.45. The molecule has 0 radical (unpaired) electrons. The first-order valence-corrected chi connectivity index (χ1v) is 6.55. The SMILES string of the molecule is C=C(C)c1cccc(NC(=O)N2CCOCC2)c1Cl. The summed E-state index contributed by atoms with van der Waals surface area (Å²) in [7, 11) is 0. The average Bonchev–Trinajstić information content (AvgIpc) is 2.41. The molecule has 1 heterocycles. The van der Waals surface area contributed by atoms with E-state index in [0.717, 1.165) is 11.1 Å². The Morgan fingerprint density at radius 1 is 1.42 bits per heavy atom. The number of urea groups is 1. The fraction of sp³-hybridized carbons (Fsp3) is 0.357. The van der Waals surface area contributed by atoms with Crippen LogP contribution in [0.15, 0.2) is 24.8 Å². The number of rotatable bonds is 2. The fourth-order valence-corrected chi connectivity index (χ4v) is 2.25. The number of nitrogens with zero attached hydrogens (tertiary/aromatic N) is 1. The zero-order valence-electron chi connectivity index (χ0n) is 10.9. The lowest BCUT2D eigenvalue weighted by Crippen LogP contribution is -2.43. The number of benzene rings is 1. The van der Waals surface area contributed by atoms with Gasteiger partial charge >= 0.3 is 6.03 Å². The van der Waals surface area contributed by atoms with Crippen molar-refractivity contribution in [2.45, 2.75) is 6.92 Å². The molecule has 5 heteroatoms. The molecule has 1 fully saturated rings. The Morgan fingerprint density at radius 3 is 2.74 bits per heavy atom. The maximum Gasteiger partial charge on any atom is 0.322 e. The van der Waals surface area contributed by atoms with E-state index in [4.69, 9.17) is 16.3 Å². The maximum atomic E-state index is 12.1. The molecule has 4 nitrogen and oxygen atoms in total. The van der Waals surface area contributed by atoms with Gasteiger partial charge in [-0.1, -0.05) is 30.3 Å². The summed E-state index contributed by atoms with van der Waals surface area (Å²) in [4.78, 5) is 13.8. The highest BCUT2D eigenvalue weighted by atomic mass is 35.5. The van der Waals surface area contributed by atoms with Gasteiger partial charge in [-0.25, -0.2) is 4.79 Å². The molecule has 1 aromatic rings. The maximum absolute atomic E-state index is 12.1. The number of hydrogen-bond acceptors (Lipinski definition) is 2. The van der Waals surface area contributed by atoms with Crippen LogP contribution in [0.2, 0.25) is 5.02 Å². The predicted molar refractivity (Wildman–Crippen MR) is 77.6 cm³/mol. The predicted octanol–water partition coefficient (Wildman–Crippen LogP) is 3.24. The second kappa shape index (κ2) is 6.08. The van der Waals surface area contributed by atoms with Crippen molar-refractivity contribution < 1.29 is 9.53 Å². The molecule has 0 saturated carbocycles. The third-order valence-corrected chi connectivity index (χ3v) is 3.41. The van der Waals surface area contributed by atoms with E-state index in [9.17, 15) is 4.79 Å². The van der Waals surface area contributed by atoms with Crippen LogP contribution in [0.3, 0.4) is 0 Å². The van der Waals surface area contributed by atoms with Gasteiger partial charge in [-0.3, -0.25) is 0 Å². The van der Waals surface area contributed by atoms with E-state index in [1.807, 2.05) is 19.1 Å². The van der Waals surface area contributed by atoms with Crippen LogP contribution in [0.5, 0.6) is 0 Å². The molecular weight excluding hydrogens is 264 g/mol. The first-order chi connectivity index (χ1) is 9.09. The molecule has 102 valence electrons. The van der Waals surface area contributed by atoms with Gasteiger partial charge in [-0.15, -0.1) is 0 Å². The van der Waals surface area contributed by atoms with Crippen LogP contribution in [-0.4, -0.2) is 37.2 Å². The van der Waals surface area contributed by atoms with Crippen LogP contribution < -0.4 is 5.32 Å². The van der Waals surface area contributed by atoms with Crippen molar-refractivity contribution in [3.05, 3.63) is 35.4 Å². The van der Waals surface area contributed by atoms with E-state index in [2.05, 4.69) is 11.9 Å². The number of anilines is 1. The topological polar surface area (TPSA) is 41.6 Å². The number of hydrogen-bond donors (Lipinski definition) is 1. The second-order valence-electron chi connectivity index (χ2n) is 4.48. The van der Waals surface area contributed by atoms with Crippen molar-refractivity contribution in [3.63, 3.8) is 0 Å². The summed E-state index contributed by atoms with van der Waals surface area (Å²) in [6.07, 6.45) is 0. The van der Waals surface area contributed by atoms with Crippen LogP contribution in [0.25, 0.3) is 5.57 Å². The van der Waals surface area contributed by atoms with Crippen molar-refractivity contribution in [2.24, 2.45) is 0 Å². The van der Waals surface area contributed by atoms with E-state index in [1.165, 1.54) is 0 Å². The Balaban J connectivity index is 2.12. The van der Waals surface area contributed by atoms with Gasteiger partial charge in [-0.2, -0.15) is 0 Å². The van der Waals surface area contributed by atoms with Crippen LogP contribution in [-0.2, 0) is 4.74 Å². The van der Waals surface area contributed by atoms with Gasteiger partial charge in [-0.05, 0) is 24.1 Å². The first-order valence-electron chi connectivity index (χ1n) is 6.17. The largest absolute Gasteiger partial charge is 0.378 e. The molecule has 0 unspecified atom stereocenters. The Morgan fingerprint density at radius 2 is 2.11 bits per heavy atom. The molecule has 1 aromatic carbocycles. The fourth-order valence-electron chi connectivity index (χ4n) is 1.92. The average molecular weight is 281 g/mol. The van der Waals surface area contributed by atoms with Gasteiger partial charge in [0.2, 0.25) is 0 Å². The summed E-state index contributed by atoms with van der Waals surface area (Å²) >= 11 is 6.27. The third kappa shape index (κ3) is 3.28. The highest BCUT2D eigenvalue weighted by molar-refractivity contribution is 6.35. The van der Waals surface area contributed by atoms with E-state index in [0.29, 0.717) is 37.0 Å². The van der Waals surface area contributed by atoms with Crippen LogP contribution in [0.1, 0.15) is 12.5 Å². The van der Waals surface area contributed by atoms with Crippen molar-refractivity contribution in [2.75, 3.05) is 31.6 Å². The van der Waals surface area contributed by atoms with Gasteiger partial charge < -0.3 is 15.0 Å². The summed E-state index contributed by atoms with van der Waals surface area (Å²) in [6, 6.07) is 5.37. The lowest BCUT2D eigenvalue weighted by Gasteiger charge is -2.27. The van der Waals surface area contributed by atoms with Crippen LogP contribution in [0.4, 0.5) is 10.5 Å². The molecule has 0 aromatic heterocycles. The Bertz CT molecular complexity index is 496. The number of amides is 2. The second-order valence-corrected chi connectivity index (χ2v) is 4.85. The molecule has 0 atom stereocenters. The van der Waals surface area contributed by atoms with Gasteiger partial charge in [0.1, 0.15) is 0 Å². The van der Waals surface area contributed by atoms with Crippen LogP contribution in [0, 0.1) is 0 Å². The molecule has 0 aliphatic carbocycles. The highest BCUT2D eigenvalue weighted by Crippen LogP contribution is 2.30. The minimum absolute atomic E-state index is 0.149. The summed E-state index contributed by atoms with van der Waals surface area (Å²) in [6.45, 7) is 8.11. The van der Waals surface area contributed by atoms with Crippen molar-refractivity contribution in [1.82, 2.24) is 4.90 Å². The summed E-state index contributed by atoms with van der Waals surface area (Å²) in [5.41, 5.74) is 2.33. The van der Waals surface area contributed by atoms with Gasteiger partial charge in [0.15, 0.2) is 0 Å². The lowest BCUT2D eigenvalue weighted by molar-refractivity contribution is 0.0564. The quantitative estimate of drug-likeness (QED) is 0.904. The van der Waals surface area contributed by atoms with E-state index in [1.54, 1.807) is 11.0 Å². The zero-order chi connectivity index (χ0) is 13.8. The summed E-state index contributed by atoms with van der Waals surface area (Å²) in [5, 5.41) is 3.36. The molecule has 1 N–H and O–H groups in total. The molecule has 0 bridgehead atoms. The van der Waals surface area contributed by atoms with Gasteiger partial charge in [0.25, 0.3) is 0 Å². The third-order valence-electron chi connectivity index (χ3n) is 3.00. The Hall–Kier alpha value is -1.52. The van der Waals surface area contributed by atoms with Gasteiger partial charge in [0.05, 0.1) is 23.9 Å². The molecule has 1 saturated heterocycles. The number of ether oxygens (including phenoxy) is 1. The molecule has 19 heavy (non-hydrogen) atoms. The molecule has 0 spiro atoms. The number of halogens is 1. The summed E-state index contributed by atoms with van der Waals surface area (Å²) in [5.74, 6) is 0. The highest BCUT2D eigenvalue weighted by Gasteiger charge is 2.18. The monoisotopic (exact) mass is 280 g/mol. The minimum atomic E-state index is -0.149. The zero-order valence-corrected chi connectivity index (χ0v) is 11.7. The molecule has 1 aliphatic rings. The first kappa shape index (κ1) is 13.9. The van der Waals surface area contributed by atoms with Crippen molar-refractivity contribution in [1.29, 1.82) is 0 Å². The number of morpholine rings is 1. The van der Waals surface area contributed by atoms with E-state index >= 15 is 0 Å². The standard InChI is InChI=1S/C14H17ClN2O2/c1-10(2)11-4-3-5-12(13(11)15)16-14(18)17-6-8-19-9-7-17/h3-5H,1,6-9H2,2H3,(H,16,18). The lowest BCUT2D eigenvalue weighted by atomic mass is 10.1. The van der Waals surface area contributed by atoms with Crippen LogP contribution >= 0.6 is 11.6 Å². The molecule has 2 amide bonds. The number of carbonyl (C=O) groups excluding carboxylic acids is 1. The van der Waals surface area contributed by atoms with Crippen molar-refractivity contribution >= 4 is 28.9 Å². The van der Waals surface area contributed by atoms with E-state index < -0.39 is 0 Å². The summed E-state index contributed by atoms with van der Waals surface area (Å²) < 4.78 is 5.22. The molecular formula is C14H17ClN2O2. The number of carbonyl (C=O) groups is 1. The minimum Gasteiger partial charge on any atom is -0.378 e. The Labute approximate surface area is 118 Å².